The minimum absolute atomic E-state index is 0.0438. The maximum absolute atomic E-state index is 16.5. The molecule has 12 nitrogen and oxygen atoms in total. The van der Waals surface area contributed by atoms with E-state index in [1.54, 1.807) is 40.8 Å². The standard InChI is InChI=1S/C32H34FN9O3/c1-7-10-18-13-24(42-11-8-9-12-42)20(15-34)25(27(18)33)28-21(16-37-41(28)6)22-14-19-23(17-36-31(44)45-32(2,3)4)39-40-30(43)26(19)29(35-5)38-22/h13-14,16H,8-9,11-12,17H2,1-6H3,(H,35,38)(H,36,44)(H,40,43)/i5D3. The second kappa shape index (κ2) is 12.3. The molecule has 1 saturated heterocycles. The molecule has 0 spiro atoms. The number of pyridine rings is 1. The molecule has 0 atom stereocenters. The number of aromatic nitrogens is 5. The molecule has 0 radical (unpaired) electrons. The van der Waals surface area contributed by atoms with Gasteiger partial charge >= 0.3 is 6.09 Å². The maximum Gasteiger partial charge on any atom is 0.407 e. The lowest BCUT2D eigenvalue weighted by Crippen LogP contribution is -2.32. The van der Waals surface area contributed by atoms with Gasteiger partial charge < -0.3 is 20.3 Å². The Labute approximate surface area is 263 Å². The van der Waals surface area contributed by atoms with Crippen molar-refractivity contribution >= 4 is 28.4 Å². The Bertz CT molecular complexity index is 2080. The van der Waals surface area contributed by atoms with E-state index in [1.165, 1.54) is 16.9 Å². The van der Waals surface area contributed by atoms with E-state index >= 15 is 4.39 Å². The van der Waals surface area contributed by atoms with Gasteiger partial charge in [-0.25, -0.2) is 19.3 Å². The number of amides is 1. The van der Waals surface area contributed by atoms with Crippen molar-refractivity contribution in [1.82, 2.24) is 30.3 Å². The molecule has 0 aliphatic carbocycles. The summed E-state index contributed by atoms with van der Waals surface area (Å²) in [4.78, 5) is 32.1. The molecular weight excluding hydrogens is 577 g/mol. The van der Waals surface area contributed by atoms with Crippen molar-refractivity contribution in [1.29, 1.82) is 5.26 Å². The highest BCUT2D eigenvalue weighted by atomic mass is 19.1. The van der Waals surface area contributed by atoms with Gasteiger partial charge in [-0.1, -0.05) is 5.92 Å². The van der Waals surface area contributed by atoms with E-state index in [2.05, 4.69) is 48.8 Å². The molecule has 1 aliphatic rings. The minimum Gasteiger partial charge on any atom is -0.444 e. The van der Waals surface area contributed by atoms with Gasteiger partial charge in [-0.3, -0.25) is 9.48 Å². The summed E-state index contributed by atoms with van der Waals surface area (Å²) in [5.41, 5.74) is -0.142. The number of ether oxygens (including phenoxy) is 1. The van der Waals surface area contributed by atoms with Gasteiger partial charge in [0, 0.05) is 42.2 Å². The predicted octanol–water partition coefficient (Wildman–Crippen LogP) is 4.43. The number of aryl methyl sites for hydroxylation is 1. The molecule has 0 bridgehead atoms. The van der Waals surface area contributed by atoms with Crippen molar-refractivity contribution in [3.05, 3.63) is 51.3 Å². The zero-order valence-corrected chi connectivity index (χ0v) is 25.6. The van der Waals surface area contributed by atoms with Gasteiger partial charge in [0.2, 0.25) is 0 Å². The first-order valence-corrected chi connectivity index (χ1v) is 14.3. The fourth-order valence-electron chi connectivity index (χ4n) is 5.40. The van der Waals surface area contributed by atoms with Crippen molar-refractivity contribution in [2.45, 2.75) is 52.7 Å². The largest absolute Gasteiger partial charge is 0.444 e. The first kappa shape index (κ1) is 27.1. The van der Waals surface area contributed by atoms with E-state index in [9.17, 15) is 14.9 Å². The summed E-state index contributed by atoms with van der Waals surface area (Å²) in [7, 11) is 1.58. The third-order valence-electron chi connectivity index (χ3n) is 7.28. The summed E-state index contributed by atoms with van der Waals surface area (Å²) in [6.07, 6.45) is 2.51. The van der Waals surface area contributed by atoms with E-state index in [0.717, 1.165) is 12.8 Å². The highest BCUT2D eigenvalue weighted by Crippen LogP contribution is 2.41. The van der Waals surface area contributed by atoms with Gasteiger partial charge in [0.1, 0.15) is 23.3 Å². The van der Waals surface area contributed by atoms with Crippen molar-refractivity contribution in [3.8, 4) is 40.4 Å². The van der Waals surface area contributed by atoms with Crippen LogP contribution in [0.4, 0.5) is 20.7 Å². The summed E-state index contributed by atoms with van der Waals surface area (Å²) in [6, 6.07) is 5.26. The Morgan fingerprint density at radius 2 is 2.04 bits per heavy atom. The SMILES string of the molecule is [2H]C([2H])([2H])Nc1nc(-c2cnn(C)c2-c2c(F)c(C#CC)cc(N3CCCC3)c2C#N)cc2c(CNC(=O)OC(C)(C)C)n[nH]c(=O)c12. The monoisotopic (exact) mass is 614 g/mol. The van der Waals surface area contributed by atoms with Crippen LogP contribution in [0.15, 0.2) is 23.1 Å². The summed E-state index contributed by atoms with van der Waals surface area (Å²) < 4.78 is 46.7. The Morgan fingerprint density at radius 1 is 1.29 bits per heavy atom. The van der Waals surface area contributed by atoms with Crippen LogP contribution in [0.5, 0.6) is 0 Å². The molecular formula is C32H34FN9O3. The van der Waals surface area contributed by atoms with Crippen LogP contribution in [0.1, 0.15) is 61.5 Å². The molecule has 232 valence electrons. The fourth-order valence-corrected chi connectivity index (χ4v) is 5.40. The van der Waals surface area contributed by atoms with Crippen LogP contribution < -0.4 is 21.1 Å². The number of alkyl carbamates (subject to hydrolysis) is 1. The molecule has 0 saturated carbocycles. The molecule has 4 aromatic rings. The number of fused-ring (bicyclic) bond motifs is 1. The van der Waals surface area contributed by atoms with Crippen LogP contribution in [0, 0.1) is 29.0 Å². The molecule has 5 rings (SSSR count). The van der Waals surface area contributed by atoms with Crippen molar-refractivity contribution in [2.24, 2.45) is 7.05 Å². The number of nitriles is 1. The third-order valence-corrected chi connectivity index (χ3v) is 7.28. The average Bonchev–Trinajstić information content (AvgIpc) is 3.66. The highest BCUT2D eigenvalue weighted by molar-refractivity contribution is 5.97. The van der Waals surface area contributed by atoms with Crippen molar-refractivity contribution in [3.63, 3.8) is 0 Å². The predicted molar refractivity (Wildman–Crippen MR) is 169 cm³/mol. The zero-order valence-electron chi connectivity index (χ0n) is 28.6. The lowest BCUT2D eigenvalue weighted by atomic mass is 9.94. The van der Waals surface area contributed by atoms with E-state index in [1.807, 2.05) is 4.90 Å². The van der Waals surface area contributed by atoms with Crippen LogP contribution in [-0.2, 0) is 18.3 Å². The summed E-state index contributed by atoms with van der Waals surface area (Å²) >= 11 is 0. The number of hydrogen-bond donors (Lipinski definition) is 3. The zero-order chi connectivity index (χ0) is 35.0. The third kappa shape index (κ3) is 6.02. The second-order valence-electron chi connectivity index (χ2n) is 11.5. The summed E-state index contributed by atoms with van der Waals surface area (Å²) in [5.74, 6) is 4.52. The molecule has 1 amide bonds. The molecule has 45 heavy (non-hydrogen) atoms. The lowest BCUT2D eigenvalue weighted by molar-refractivity contribution is 0.0523. The van der Waals surface area contributed by atoms with E-state index in [4.69, 9.17) is 8.85 Å². The lowest BCUT2D eigenvalue weighted by Gasteiger charge is -2.22. The maximum atomic E-state index is 16.5. The number of carbonyl (C=O) groups excluding carboxylic acids is 1. The van der Waals surface area contributed by atoms with Crippen LogP contribution in [0.2, 0.25) is 0 Å². The topological polar surface area (TPSA) is 154 Å². The van der Waals surface area contributed by atoms with Crippen LogP contribution >= 0.6 is 0 Å². The minimum atomic E-state index is -2.77. The number of carbonyl (C=O) groups is 1. The van der Waals surface area contributed by atoms with E-state index in [0.29, 0.717) is 18.8 Å². The Kier molecular flexibility index (Phi) is 7.41. The fraction of sp³-hybridized carbons (Fsp3) is 0.375. The molecule has 4 heterocycles. The molecule has 3 N–H and O–H groups in total. The van der Waals surface area contributed by atoms with Gasteiger partial charge in [0.25, 0.3) is 5.56 Å². The van der Waals surface area contributed by atoms with Crippen molar-refractivity contribution in [2.75, 3.05) is 30.3 Å². The van der Waals surface area contributed by atoms with Gasteiger partial charge in [-0.05, 0) is 52.7 Å². The molecule has 3 aromatic heterocycles. The first-order chi connectivity index (χ1) is 22.6. The Morgan fingerprint density at radius 3 is 2.71 bits per heavy atom. The van der Waals surface area contributed by atoms with E-state index < -0.39 is 30.0 Å². The van der Waals surface area contributed by atoms with Gasteiger partial charge in [0.15, 0.2) is 0 Å². The number of nitrogens with one attached hydrogen (secondary N) is 3. The summed E-state index contributed by atoms with van der Waals surface area (Å²) in [5, 5.41) is 26.2. The number of benzene rings is 1. The molecule has 1 aliphatic heterocycles. The van der Waals surface area contributed by atoms with Crippen LogP contribution in [0.25, 0.3) is 33.3 Å². The molecule has 0 unspecified atom stereocenters. The normalized spacial score (nSPS) is 14.2. The average molecular weight is 615 g/mol. The number of nitrogens with zero attached hydrogens (tertiary/aromatic N) is 6. The van der Waals surface area contributed by atoms with Crippen molar-refractivity contribution < 1.29 is 18.0 Å². The van der Waals surface area contributed by atoms with E-state index in [-0.39, 0.29) is 62.5 Å². The number of anilines is 2. The molecule has 13 heteroatoms. The quantitative estimate of drug-likeness (QED) is 0.268. The highest BCUT2D eigenvalue weighted by Gasteiger charge is 2.29. The van der Waals surface area contributed by atoms with Gasteiger partial charge in [0.05, 0.1) is 57.6 Å². The van der Waals surface area contributed by atoms with Gasteiger partial charge in [-0.2, -0.15) is 15.5 Å². The molecule has 1 fully saturated rings. The second-order valence-corrected chi connectivity index (χ2v) is 11.5. The summed E-state index contributed by atoms with van der Waals surface area (Å²) in [6.45, 7) is 5.11. The van der Waals surface area contributed by atoms with Crippen LogP contribution in [-0.4, -0.2) is 56.7 Å². The Hall–Kier alpha value is -5.43. The first-order valence-electron chi connectivity index (χ1n) is 15.8. The number of aromatic amines is 1. The number of H-pyrrole nitrogens is 1. The Balaban J connectivity index is 1.77. The van der Waals surface area contributed by atoms with Crippen LogP contribution in [0.3, 0.4) is 0 Å². The number of halogens is 1. The number of rotatable bonds is 6. The van der Waals surface area contributed by atoms with Gasteiger partial charge in [-0.15, -0.1) is 5.92 Å². The molecule has 1 aromatic carbocycles. The number of hydrogen-bond acceptors (Lipinski definition) is 9. The smallest absolute Gasteiger partial charge is 0.407 e.